The summed E-state index contributed by atoms with van der Waals surface area (Å²) >= 11 is 0. The fourth-order valence-corrected chi connectivity index (χ4v) is 4.89. The van der Waals surface area contributed by atoms with Crippen molar-refractivity contribution in [3.63, 3.8) is 0 Å². The molecule has 134 valence electrons. The van der Waals surface area contributed by atoms with Crippen molar-refractivity contribution in [3.05, 3.63) is 24.3 Å². The second kappa shape index (κ2) is 6.29. The molecule has 0 radical (unpaired) electrons. The standard InChI is InChI=1S/C20H27N3O2/c1-2-6-18-17(5-1)22-19(25-18)23-11-7-15(8-12-23)21-16-13-20(24-14-16)9-3-4-10-20/h1-2,5-6,15-16,21H,3-4,7-14H2. The van der Waals surface area contributed by atoms with Crippen LogP contribution >= 0.6 is 0 Å². The van der Waals surface area contributed by atoms with Gasteiger partial charge in [0.1, 0.15) is 5.52 Å². The maximum atomic E-state index is 6.18. The van der Waals surface area contributed by atoms with E-state index in [2.05, 4.69) is 15.2 Å². The Labute approximate surface area is 148 Å². The van der Waals surface area contributed by atoms with Gasteiger partial charge in [-0.25, -0.2) is 0 Å². The molecule has 1 aliphatic carbocycles. The molecule has 0 amide bonds. The molecule has 1 aromatic carbocycles. The normalized spacial score (nSPS) is 26.9. The van der Waals surface area contributed by atoms with Gasteiger partial charge in [-0.15, -0.1) is 0 Å². The smallest absolute Gasteiger partial charge is 0.298 e. The summed E-state index contributed by atoms with van der Waals surface area (Å²) in [6.45, 7) is 2.90. The van der Waals surface area contributed by atoms with Crippen molar-refractivity contribution in [1.29, 1.82) is 0 Å². The number of aromatic nitrogens is 1. The number of fused-ring (bicyclic) bond motifs is 1. The molecule has 1 spiro atoms. The highest BCUT2D eigenvalue weighted by Crippen LogP contribution is 2.41. The van der Waals surface area contributed by atoms with E-state index in [1.54, 1.807) is 0 Å². The van der Waals surface area contributed by atoms with Crippen LogP contribution in [0.2, 0.25) is 0 Å². The highest BCUT2D eigenvalue weighted by atomic mass is 16.5. The number of nitrogens with zero attached hydrogens (tertiary/aromatic N) is 2. The van der Waals surface area contributed by atoms with Gasteiger partial charge in [-0.3, -0.25) is 0 Å². The fraction of sp³-hybridized carbons (Fsp3) is 0.650. The predicted octanol–water partition coefficient (Wildman–Crippen LogP) is 3.49. The highest BCUT2D eigenvalue weighted by Gasteiger charge is 2.42. The second-order valence-corrected chi connectivity index (χ2v) is 7.99. The first kappa shape index (κ1) is 15.6. The molecular weight excluding hydrogens is 314 g/mol. The van der Waals surface area contributed by atoms with E-state index >= 15 is 0 Å². The minimum atomic E-state index is 0.219. The van der Waals surface area contributed by atoms with Gasteiger partial charge in [-0.1, -0.05) is 25.0 Å². The molecule has 3 fully saturated rings. The third-order valence-corrected chi connectivity index (χ3v) is 6.24. The Hall–Kier alpha value is -1.59. The maximum Gasteiger partial charge on any atom is 0.298 e. The monoisotopic (exact) mass is 341 g/mol. The summed E-state index contributed by atoms with van der Waals surface area (Å²) < 4.78 is 12.1. The molecule has 2 aliphatic heterocycles. The van der Waals surface area contributed by atoms with Gasteiger partial charge in [-0.2, -0.15) is 4.98 Å². The van der Waals surface area contributed by atoms with Crippen LogP contribution in [0.5, 0.6) is 0 Å². The SMILES string of the molecule is c1ccc2oc(N3CCC(NC4COC5(CCCC5)C4)CC3)nc2c1. The molecule has 2 aromatic rings. The zero-order valence-electron chi connectivity index (χ0n) is 14.7. The number of ether oxygens (including phenoxy) is 1. The molecule has 3 heterocycles. The summed E-state index contributed by atoms with van der Waals surface area (Å²) in [5, 5.41) is 3.86. The van der Waals surface area contributed by atoms with Crippen LogP contribution in [-0.4, -0.2) is 42.4 Å². The molecule has 1 atom stereocenters. The third kappa shape index (κ3) is 3.04. The first-order chi connectivity index (χ1) is 12.3. The lowest BCUT2D eigenvalue weighted by Crippen LogP contribution is -2.46. The van der Waals surface area contributed by atoms with E-state index in [9.17, 15) is 0 Å². The van der Waals surface area contributed by atoms with Gasteiger partial charge in [0.25, 0.3) is 6.01 Å². The average molecular weight is 341 g/mol. The number of anilines is 1. The van der Waals surface area contributed by atoms with Crippen molar-refractivity contribution in [3.8, 4) is 0 Å². The minimum Gasteiger partial charge on any atom is -0.423 e. The molecule has 1 aromatic heterocycles. The lowest BCUT2D eigenvalue weighted by atomic mass is 9.95. The summed E-state index contributed by atoms with van der Waals surface area (Å²) in [6.07, 6.45) is 8.71. The zero-order chi connectivity index (χ0) is 16.7. The minimum absolute atomic E-state index is 0.219. The third-order valence-electron chi connectivity index (χ3n) is 6.24. The quantitative estimate of drug-likeness (QED) is 0.926. The van der Waals surface area contributed by atoms with Crippen molar-refractivity contribution < 1.29 is 9.15 Å². The van der Waals surface area contributed by atoms with Crippen LogP contribution in [-0.2, 0) is 4.74 Å². The topological polar surface area (TPSA) is 50.5 Å². The summed E-state index contributed by atoms with van der Waals surface area (Å²) in [4.78, 5) is 6.91. The Morgan fingerprint density at radius 3 is 2.68 bits per heavy atom. The predicted molar refractivity (Wildman–Crippen MR) is 97.9 cm³/mol. The van der Waals surface area contributed by atoms with Gasteiger partial charge in [0.15, 0.2) is 5.58 Å². The molecule has 1 saturated carbocycles. The molecule has 5 heteroatoms. The maximum absolute atomic E-state index is 6.18. The van der Waals surface area contributed by atoms with Crippen LogP contribution < -0.4 is 10.2 Å². The molecule has 3 aliphatic rings. The van der Waals surface area contributed by atoms with Crippen molar-refractivity contribution in [1.82, 2.24) is 10.3 Å². The van der Waals surface area contributed by atoms with Crippen LogP contribution in [0.15, 0.2) is 28.7 Å². The molecule has 0 bridgehead atoms. The first-order valence-electron chi connectivity index (χ1n) is 9.80. The number of rotatable bonds is 3. The molecule has 25 heavy (non-hydrogen) atoms. The zero-order valence-corrected chi connectivity index (χ0v) is 14.7. The number of oxazole rings is 1. The van der Waals surface area contributed by atoms with Crippen LogP contribution in [0.3, 0.4) is 0 Å². The summed E-state index contributed by atoms with van der Waals surface area (Å²) in [7, 11) is 0. The highest BCUT2D eigenvalue weighted by molar-refractivity contribution is 5.74. The van der Waals surface area contributed by atoms with E-state index in [0.29, 0.717) is 12.1 Å². The molecule has 5 rings (SSSR count). The van der Waals surface area contributed by atoms with Crippen molar-refractivity contribution in [2.24, 2.45) is 0 Å². The fourth-order valence-electron chi connectivity index (χ4n) is 4.89. The average Bonchev–Trinajstić information content (AvgIpc) is 3.36. The number of hydrogen-bond donors (Lipinski definition) is 1. The Morgan fingerprint density at radius 1 is 1.08 bits per heavy atom. The lowest BCUT2D eigenvalue weighted by molar-refractivity contribution is 0.00978. The Bertz CT molecular complexity index is 696. The molecule has 2 saturated heterocycles. The van der Waals surface area contributed by atoms with Crippen LogP contribution in [0.4, 0.5) is 6.01 Å². The van der Waals surface area contributed by atoms with Crippen molar-refractivity contribution >= 4 is 17.1 Å². The second-order valence-electron chi connectivity index (χ2n) is 7.99. The van der Waals surface area contributed by atoms with Crippen molar-refractivity contribution in [2.75, 3.05) is 24.6 Å². The van der Waals surface area contributed by atoms with Gasteiger partial charge in [0, 0.05) is 25.2 Å². The van der Waals surface area contributed by atoms with Gasteiger partial charge in [0.2, 0.25) is 0 Å². The molecule has 1 unspecified atom stereocenters. The first-order valence-corrected chi connectivity index (χ1v) is 9.80. The summed E-state index contributed by atoms with van der Waals surface area (Å²) in [5.74, 6) is 0. The number of piperidine rings is 1. The van der Waals surface area contributed by atoms with E-state index < -0.39 is 0 Å². The van der Waals surface area contributed by atoms with Crippen LogP contribution in [0.1, 0.15) is 44.9 Å². The number of para-hydroxylation sites is 2. The van der Waals surface area contributed by atoms with E-state index in [1.165, 1.54) is 32.1 Å². The van der Waals surface area contributed by atoms with E-state index in [1.807, 2.05) is 24.3 Å². The lowest BCUT2D eigenvalue weighted by Gasteiger charge is -2.33. The van der Waals surface area contributed by atoms with Gasteiger partial charge >= 0.3 is 0 Å². The van der Waals surface area contributed by atoms with E-state index in [-0.39, 0.29) is 5.60 Å². The molecular formula is C20H27N3O2. The van der Waals surface area contributed by atoms with E-state index in [4.69, 9.17) is 9.15 Å². The Morgan fingerprint density at radius 2 is 1.88 bits per heavy atom. The van der Waals surface area contributed by atoms with Crippen molar-refractivity contribution in [2.45, 2.75) is 62.6 Å². The number of hydrogen-bond acceptors (Lipinski definition) is 5. The van der Waals surface area contributed by atoms with E-state index in [0.717, 1.165) is 49.7 Å². The number of benzene rings is 1. The number of nitrogens with one attached hydrogen (secondary N) is 1. The van der Waals surface area contributed by atoms with Gasteiger partial charge < -0.3 is 19.4 Å². The molecule has 1 N–H and O–H groups in total. The Balaban J connectivity index is 1.16. The van der Waals surface area contributed by atoms with Gasteiger partial charge in [-0.05, 0) is 44.2 Å². The molecule has 5 nitrogen and oxygen atoms in total. The van der Waals surface area contributed by atoms with Gasteiger partial charge in [0.05, 0.1) is 12.2 Å². The largest absolute Gasteiger partial charge is 0.423 e. The Kier molecular flexibility index (Phi) is 3.94. The van der Waals surface area contributed by atoms with Crippen LogP contribution in [0.25, 0.3) is 11.1 Å². The summed E-state index contributed by atoms with van der Waals surface area (Å²) in [5.41, 5.74) is 2.04. The summed E-state index contributed by atoms with van der Waals surface area (Å²) in [6, 6.07) is 9.90. The van der Waals surface area contributed by atoms with Crippen LogP contribution in [0, 0.1) is 0 Å².